The zero-order chi connectivity index (χ0) is 19.8. The van der Waals surface area contributed by atoms with Crippen LogP contribution in [0.2, 0.25) is 0 Å². The summed E-state index contributed by atoms with van der Waals surface area (Å²) in [6.45, 7) is 5.63. The highest BCUT2D eigenvalue weighted by molar-refractivity contribution is 14.0. The Bertz CT molecular complexity index is 732. The first-order valence-electron chi connectivity index (χ1n) is 10.2. The summed E-state index contributed by atoms with van der Waals surface area (Å²) in [4.78, 5) is 8.98. The van der Waals surface area contributed by atoms with Gasteiger partial charge in [-0.25, -0.2) is 13.1 Å². The molecule has 29 heavy (non-hydrogen) atoms. The van der Waals surface area contributed by atoms with Crippen LogP contribution in [0.1, 0.15) is 24.8 Å². The van der Waals surface area contributed by atoms with Crippen LogP contribution in [0, 0.1) is 5.92 Å². The molecular formula is C20H34IN5O2S. The molecule has 1 aromatic carbocycles. The fourth-order valence-corrected chi connectivity index (χ4v) is 4.61. The molecule has 1 saturated carbocycles. The van der Waals surface area contributed by atoms with Gasteiger partial charge in [-0.2, -0.15) is 0 Å². The molecule has 0 bridgehead atoms. The third-order valence-electron chi connectivity index (χ3n) is 5.60. The predicted molar refractivity (Wildman–Crippen MR) is 129 cm³/mol. The molecule has 0 amide bonds. The Hall–Kier alpha value is -0.910. The Balaban J connectivity index is 0.00000300. The minimum Gasteiger partial charge on any atom is -0.355 e. The fraction of sp³-hybridized carbons (Fsp3) is 0.650. The van der Waals surface area contributed by atoms with Gasteiger partial charge in [0.2, 0.25) is 10.0 Å². The molecule has 2 N–H and O–H groups in total. The Kier molecular flexibility index (Phi) is 10.1. The molecule has 3 rings (SSSR count). The lowest BCUT2D eigenvalue weighted by atomic mass is 9.86. The summed E-state index contributed by atoms with van der Waals surface area (Å²) < 4.78 is 27.0. The Morgan fingerprint density at radius 2 is 1.83 bits per heavy atom. The summed E-state index contributed by atoms with van der Waals surface area (Å²) in [5, 5.41) is 3.21. The standard InChI is InChI=1S/C20H33N5O2S.HI/c1-21-20(22-10-15-28(26,27)23-16-18-8-5-9-18)25-13-11-24(12-14-25)17-19-6-3-2-4-7-19;/h2-4,6-7,18,23H,5,8-17H2,1H3,(H,21,22);1H. The molecule has 2 aliphatic rings. The highest BCUT2D eigenvalue weighted by Gasteiger charge is 2.22. The quantitative estimate of drug-likeness (QED) is 0.301. The van der Waals surface area contributed by atoms with Crippen LogP contribution >= 0.6 is 24.0 Å². The molecule has 0 aromatic heterocycles. The van der Waals surface area contributed by atoms with E-state index in [0.717, 1.165) is 51.5 Å². The van der Waals surface area contributed by atoms with Gasteiger partial charge in [0.1, 0.15) is 0 Å². The summed E-state index contributed by atoms with van der Waals surface area (Å²) in [6.07, 6.45) is 3.51. The van der Waals surface area contributed by atoms with E-state index < -0.39 is 10.0 Å². The molecule has 1 aliphatic heterocycles. The number of halogens is 1. The van der Waals surface area contributed by atoms with E-state index in [-0.39, 0.29) is 29.7 Å². The first-order chi connectivity index (χ1) is 13.6. The summed E-state index contributed by atoms with van der Waals surface area (Å²) >= 11 is 0. The lowest BCUT2D eigenvalue weighted by Crippen LogP contribution is -2.52. The second-order valence-corrected chi connectivity index (χ2v) is 9.61. The SMILES string of the molecule is CN=C(NCCS(=O)(=O)NCC1CCC1)N1CCN(Cc2ccccc2)CC1.I. The van der Waals surface area contributed by atoms with Crippen molar-refractivity contribution in [2.75, 3.05) is 52.1 Å². The number of hydrogen-bond acceptors (Lipinski definition) is 4. The molecule has 1 aliphatic carbocycles. The lowest BCUT2D eigenvalue weighted by Gasteiger charge is -2.36. The van der Waals surface area contributed by atoms with Crippen molar-refractivity contribution < 1.29 is 8.42 Å². The molecular weight excluding hydrogens is 501 g/mol. The lowest BCUT2D eigenvalue weighted by molar-refractivity contribution is 0.172. The van der Waals surface area contributed by atoms with Crippen molar-refractivity contribution >= 4 is 40.0 Å². The van der Waals surface area contributed by atoms with Crippen molar-refractivity contribution in [3.8, 4) is 0 Å². The number of benzene rings is 1. The van der Waals surface area contributed by atoms with Gasteiger partial charge in [-0.1, -0.05) is 36.8 Å². The molecule has 2 fully saturated rings. The van der Waals surface area contributed by atoms with Gasteiger partial charge in [0, 0.05) is 52.9 Å². The molecule has 0 spiro atoms. The zero-order valence-electron chi connectivity index (χ0n) is 17.2. The average molecular weight is 535 g/mol. The largest absolute Gasteiger partial charge is 0.355 e. The van der Waals surface area contributed by atoms with Gasteiger partial charge >= 0.3 is 0 Å². The maximum absolute atomic E-state index is 12.1. The van der Waals surface area contributed by atoms with Gasteiger partial charge in [-0.3, -0.25) is 9.89 Å². The maximum atomic E-state index is 12.1. The molecule has 9 heteroatoms. The van der Waals surface area contributed by atoms with Crippen LogP contribution in [0.15, 0.2) is 35.3 Å². The molecule has 7 nitrogen and oxygen atoms in total. The monoisotopic (exact) mass is 535 g/mol. The van der Waals surface area contributed by atoms with Crippen molar-refractivity contribution in [1.29, 1.82) is 0 Å². The van der Waals surface area contributed by atoms with Crippen LogP contribution in [0.3, 0.4) is 0 Å². The molecule has 1 saturated heterocycles. The Labute approximate surface area is 192 Å². The van der Waals surface area contributed by atoms with E-state index in [1.165, 1.54) is 12.0 Å². The normalized spacial score (nSPS) is 18.8. The fourth-order valence-electron chi connectivity index (χ4n) is 3.60. The minimum atomic E-state index is -3.23. The first-order valence-corrected chi connectivity index (χ1v) is 11.9. The van der Waals surface area contributed by atoms with E-state index >= 15 is 0 Å². The Morgan fingerprint density at radius 3 is 2.41 bits per heavy atom. The number of aliphatic imine (C=N–C) groups is 1. The summed E-state index contributed by atoms with van der Waals surface area (Å²) in [6, 6.07) is 10.5. The molecule has 0 atom stereocenters. The topological polar surface area (TPSA) is 77.0 Å². The van der Waals surface area contributed by atoms with E-state index in [9.17, 15) is 8.42 Å². The number of hydrogen-bond donors (Lipinski definition) is 2. The van der Waals surface area contributed by atoms with Gasteiger partial charge in [-0.05, 0) is 24.3 Å². The third kappa shape index (κ3) is 8.03. The van der Waals surface area contributed by atoms with Crippen LogP contribution in [-0.2, 0) is 16.6 Å². The van der Waals surface area contributed by atoms with Gasteiger partial charge in [0.15, 0.2) is 5.96 Å². The number of rotatable bonds is 8. The van der Waals surface area contributed by atoms with Crippen molar-refractivity contribution in [3.05, 3.63) is 35.9 Å². The molecule has 164 valence electrons. The van der Waals surface area contributed by atoms with Gasteiger partial charge in [0.05, 0.1) is 5.75 Å². The Morgan fingerprint density at radius 1 is 1.14 bits per heavy atom. The smallest absolute Gasteiger partial charge is 0.213 e. The zero-order valence-corrected chi connectivity index (χ0v) is 20.4. The number of piperazine rings is 1. The molecule has 0 unspecified atom stereocenters. The van der Waals surface area contributed by atoms with Crippen molar-refractivity contribution in [3.63, 3.8) is 0 Å². The minimum absolute atomic E-state index is 0. The van der Waals surface area contributed by atoms with Crippen LogP contribution in [0.25, 0.3) is 0 Å². The number of nitrogens with zero attached hydrogens (tertiary/aromatic N) is 3. The van der Waals surface area contributed by atoms with E-state index in [2.05, 4.69) is 49.1 Å². The predicted octanol–water partition coefficient (Wildman–Crippen LogP) is 1.72. The van der Waals surface area contributed by atoms with E-state index in [1.807, 2.05) is 6.07 Å². The average Bonchev–Trinajstić information content (AvgIpc) is 2.65. The van der Waals surface area contributed by atoms with Gasteiger partial charge in [-0.15, -0.1) is 24.0 Å². The van der Waals surface area contributed by atoms with Gasteiger partial charge in [0.25, 0.3) is 0 Å². The highest BCUT2D eigenvalue weighted by atomic mass is 127. The maximum Gasteiger partial charge on any atom is 0.213 e. The second kappa shape index (κ2) is 12.1. The number of nitrogens with one attached hydrogen (secondary N) is 2. The van der Waals surface area contributed by atoms with E-state index in [4.69, 9.17) is 0 Å². The molecule has 0 radical (unpaired) electrons. The van der Waals surface area contributed by atoms with Crippen molar-refractivity contribution in [2.45, 2.75) is 25.8 Å². The summed E-state index contributed by atoms with van der Waals surface area (Å²) in [7, 11) is -1.47. The third-order valence-corrected chi connectivity index (χ3v) is 6.95. The van der Waals surface area contributed by atoms with Crippen LogP contribution in [0.4, 0.5) is 0 Å². The first kappa shape index (κ1) is 24.4. The highest BCUT2D eigenvalue weighted by Crippen LogP contribution is 2.25. The van der Waals surface area contributed by atoms with Crippen molar-refractivity contribution in [2.24, 2.45) is 10.9 Å². The molecule has 1 aromatic rings. The van der Waals surface area contributed by atoms with Crippen molar-refractivity contribution in [1.82, 2.24) is 19.8 Å². The second-order valence-electron chi connectivity index (χ2n) is 7.69. The molecule has 1 heterocycles. The van der Waals surface area contributed by atoms with Crippen LogP contribution < -0.4 is 10.0 Å². The summed E-state index contributed by atoms with van der Waals surface area (Å²) in [5.41, 5.74) is 1.33. The summed E-state index contributed by atoms with van der Waals surface area (Å²) in [5.74, 6) is 1.39. The van der Waals surface area contributed by atoms with E-state index in [0.29, 0.717) is 19.0 Å². The van der Waals surface area contributed by atoms with Crippen LogP contribution in [0.5, 0.6) is 0 Å². The number of guanidine groups is 1. The van der Waals surface area contributed by atoms with E-state index in [1.54, 1.807) is 7.05 Å². The van der Waals surface area contributed by atoms with Gasteiger partial charge < -0.3 is 10.2 Å². The van der Waals surface area contributed by atoms with Crippen LogP contribution in [-0.4, -0.2) is 76.2 Å². The number of sulfonamides is 1.